The van der Waals surface area contributed by atoms with E-state index in [4.69, 9.17) is 0 Å². The normalized spacial score (nSPS) is 12.3. The van der Waals surface area contributed by atoms with E-state index in [2.05, 4.69) is 21.2 Å². The first-order chi connectivity index (χ1) is 10.9. The fraction of sp³-hybridized carbons (Fsp3) is 0.235. The van der Waals surface area contributed by atoms with Gasteiger partial charge in [0.1, 0.15) is 11.6 Å². The average molecular weight is 383 g/mol. The molecule has 2 rings (SSSR count). The lowest BCUT2D eigenvalue weighted by molar-refractivity contribution is -0.120. The Labute approximate surface area is 142 Å². The van der Waals surface area contributed by atoms with Crippen molar-refractivity contribution >= 4 is 27.5 Å². The van der Waals surface area contributed by atoms with Crippen LogP contribution in [0.1, 0.15) is 12.5 Å². The van der Waals surface area contributed by atoms with Crippen LogP contribution in [0.5, 0.6) is 0 Å². The SMILES string of the molecule is CC(C(=O)Nc1ccc(Br)cc1)N(C)Cc1ccc(F)cc1F. The summed E-state index contributed by atoms with van der Waals surface area (Å²) in [5.41, 5.74) is 1.03. The highest BCUT2D eigenvalue weighted by Gasteiger charge is 2.19. The number of nitrogens with zero attached hydrogens (tertiary/aromatic N) is 1. The van der Waals surface area contributed by atoms with E-state index in [0.717, 1.165) is 10.5 Å². The molecule has 3 nitrogen and oxygen atoms in total. The van der Waals surface area contributed by atoms with E-state index in [9.17, 15) is 13.6 Å². The molecule has 0 fully saturated rings. The van der Waals surface area contributed by atoms with Crippen LogP contribution in [-0.2, 0) is 11.3 Å². The molecule has 1 unspecified atom stereocenters. The molecule has 0 spiro atoms. The number of halogens is 3. The van der Waals surface area contributed by atoms with Crippen molar-refractivity contribution in [3.05, 3.63) is 64.1 Å². The van der Waals surface area contributed by atoms with Crippen LogP contribution in [0.4, 0.5) is 14.5 Å². The van der Waals surface area contributed by atoms with Crippen molar-refractivity contribution in [3.63, 3.8) is 0 Å². The fourth-order valence-corrected chi connectivity index (χ4v) is 2.30. The molecule has 122 valence electrons. The van der Waals surface area contributed by atoms with E-state index in [1.54, 1.807) is 31.0 Å². The number of nitrogens with one attached hydrogen (secondary N) is 1. The van der Waals surface area contributed by atoms with Gasteiger partial charge in [-0.05, 0) is 44.3 Å². The summed E-state index contributed by atoms with van der Waals surface area (Å²) in [4.78, 5) is 13.9. The van der Waals surface area contributed by atoms with Gasteiger partial charge in [-0.25, -0.2) is 8.78 Å². The maximum absolute atomic E-state index is 13.7. The Balaban J connectivity index is 1.99. The Morgan fingerprint density at radius 1 is 1.22 bits per heavy atom. The molecule has 1 amide bonds. The third-order valence-corrected chi connectivity index (χ3v) is 4.12. The molecule has 0 aromatic heterocycles. The quantitative estimate of drug-likeness (QED) is 0.840. The van der Waals surface area contributed by atoms with E-state index in [0.29, 0.717) is 11.3 Å². The molecule has 0 bridgehead atoms. The zero-order valence-electron chi connectivity index (χ0n) is 12.8. The number of rotatable bonds is 5. The molecule has 2 aromatic carbocycles. The molecule has 1 N–H and O–H groups in total. The number of hydrogen-bond donors (Lipinski definition) is 1. The first-order valence-corrected chi connectivity index (χ1v) is 7.86. The lowest BCUT2D eigenvalue weighted by atomic mass is 10.1. The minimum atomic E-state index is -0.616. The molecule has 1 atom stereocenters. The highest BCUT2D eigenvalue weighted by molar-refractivity contribution is 9.10. The van der Waals surface area contributed by atoms with Gasteiger partial charge in [-0.15, -0.1) is 0 Å². The fourth-order valence-electron chi connectivity index (χ4n) is 2.04. The minimum absolute atomic E-state index is 0.197. The number of carbonyl (C=O) groups excluding carboxylic acids is 1. The van der Waals surface area contributed by atoms with Crippen molar-refractivity contribution in [1.29, 1.82) is 0 Å². The smallest absolute Gasteiger partial charge is 0.241 e. The second-order valence-corrected chi connectivity index (χ2v) is 6.24. The zero-order chi connectivity index (χ0) is 17.0. The van der Waals surface area contributed by atoms with Crippen molar-refractivity contribution in [2.24, 2.45) is 0 Å². The monoisotopic (exact) mass is 382 g/mol. The van der Waals surface area contributed by atoms with Crippen molar-refractivity contribution in [2.75, 3.05) is 12.4 Å². The van der Waals surface area contributed by atoms with E-state index in [-0.39, 0.29) is 12.5 Å². The summed E-state index contributed by atoms with van der Waals surface area (Å²) in [6.45, 7) is 1.94. The summed E-state index contributed by atoms with van der Waals surface area (Å²) < 4.78 is 27.5. The Bertz CT molecular complexity index is 691. The standard InChI is InChI=1S/C17H17BrF2N2O/c1-11(17(23)21-15-7-4-13(18)5-8-15)22(2)10-12-3-6-14(19)9-16(12)20/h3-9,11H,10H2,1-2H3,(H,21,23). The van der Waals surface area contributed by atoms with Gasteiger partial charge in [-0.2, -0.15) is 0 Å². The molecule has 0 saturated carbocycles. The molecule has 0 saturated heterocycles. The molecule has 0 aliphatic rings. The summed E-state index contributed by atoms with van der Waals surface area (Å²) >= 11 is 3.33. The third kappa shape index (κ3) is 4.84. The largest absolute Gasteiger partial charge is 0.325 e. The van der Waals surface area contributed by atoms with Gasteiger partial charge in [-0.1, -0.05) is 22.0 Å². The van der Waals surface area contributed by atoms with Crippen molar-refractivity contribution < 1.29 is 13.6 Å². The van der Waals surface area contributed by atoms with Crippen molar-refractivity contribution in [1.82, 2.24) is 4.90 Å². The Kier molecular flexibility index (Phi) is 5.85. The Morgan fingerprint density at radius 2 is 1.87 bits per heavy atom. The Morgan fingerprint density at radius 3 is 2.48 bits per heavy atom. The van der Waals surface area contributed by atoms with Gasteiger partial charge in [-0.3, -0.25) is 9.69 Å². The molecule has 23 heavy (non-hydrogen) atoms. The molecule has 0 aliphatic carbocycles. The topological polar surface area (TPSA) is 32.3 Å². The summed E-state index contributed by atoms with van der Waals surface area (Å²) in [6.07, 6.45) is 0. The van der Waals surface area contributed by atoms with Crippen LogP contribution in [0.15, 0.2) is 46.9 Å². The maximum atomic E-state index is 13.7. The van der Waals surface area contributed by atoms with Crippen LogP contribution in [0.3, 0.4) is 0 Å². The van der Waals surface area contributed by atoms with Crippen molar-refractivity contribution in [3.8, 4) is 0 Å². The highest BCUT2D eigenvalue weighted by Crippen LogP contribution is 2.16. The van der Waals surface area contributed by atoms with Crippen LogP contribution in [0.25, 0.3) is 0 Å². The van der Waals surface area contributed by atoms with Crippen LogP contribution in [0.2, 0.25) is 0 Å². The predicted molar refractivity (Wildman–Crippen MR) is 90.1 cm³/mol. The summed E-state index contributed by atoms with van der Waals surface area (Å²) in [6, 6.07) is 10.2. The van der Waals surface area contributed by atoms with E-state index in [1.165, 1.54) is 12.1 Å². The molecule has 6 heteroatoms. The predicted octanol–water partition coefficient (Wildman–Crippen LogP) is 4.19. The van der Waals surface area contributed by atoms with Crippen LogP contribution >= 0.6 is 15.9 Å². The molecular formula is C17H17BrF2N2O. The van der Waals surface area contributed by atoms with Gasteiger partial charge in [0.25, 0.3) is 0 Å². The zero-order valence-corrected chi connectivity index (χ0v) is 14.4. The third-order valence-electron chi connectivity index (χ3n) is 3.59. The summed E-state index contributed by atoms with van der Waals surface area (Å²) in [5.74, 6) is -1.43. The van der Waals surface area contributed by atoms with Gasteiger partial charge in [0.15, 0.2) is 0 Å². The van der Waals surface area contributed by atoms with E-state index >= 15 is 0 Å². The molecule has 2 aromatic rings. The number of hydrogen-bond acceptors (Lipinski definition) is 2. The molecular weight excluding hydrogens is 366 g/mol. The van der Waals surface area contributed by atoms with Crippen LogP contribution in [-0.4, -0.2) is 23.9 Å². The lowest BCUT2D eigenvalue weighted by Crippen LogP contribution is -2.39. The number of carbonyl (C=O) groups is 1. The molecule has 0 aliphatic heterocycles. The number of anilines is 1. The minimum Gasteiger partial charge on any atom is -0.325 e. The number of amides is 1. The summed E-state index contributed by atoms with van der Waals surface area (Å²) in [5, 5.41) is 2.80. The maximum Gasteiger partial charge on any atom is 0.241 e. The number of likely N-dealkylation sites (N-methyl/N-ethyl adjacent to an activating group) is 1. The van der Waals surface area contributed by atoms with Gasteiger partial charge in [0.05, 0.1) is 6.04 Å². The second kappa shape index (κ2) is 7.66. The van der Waals surface area contributed by atoms with Crippen molar-refractivity contribution in [2.45, 2.75) is 19.5 Å². The first kappa shape index (κ1) is 17.6. The highest BCUT2D eigenvalue weighted by atomic mass is 79.9. The van der Waals surface area contributed by atoms with Crippen LogP contribution in [0, 0.1) is 11.6 Å². The second-order valence-electron chi connectivity index (χ2n) is 5.32. The lowest BCUT2D eigenvalue weighted by Gasteiger charge is -2.24. The molecule has 0 radical (unpaired) electrons. The Hall–Kier alpha value is -1.79. The number of benzene rings is 2. The van der Waals surface area contributed by atoms with E-state index < -0.39 is 17.7 Å². The average Bonchev–Trinajstić information content (AvgIpc) is 2.51. The van der Waals surface area contributed by atoms with E-state index in [1.807, 2.05) is 12.1 Å². The molecule has 0 heterocycles. The van der Waals surface area contributed by atoms with Gasteiger partial charge < -0.3 is 5.32 Å². The summed E-state index contributed by atoms with van der Waals surface area (Å²) in [7, 11) is 1.72. The van der Waals surface area contributed by atoms with Gasteiger partial charge in [0.2, 0.25) is 5.91 Å². The van der Waals surface area contributed by atoms with Gasteiger partial charge >= 0.3 is 0 Å². The first-order valence-electron chi connectivity index (χ1n) is 7.07. The van der Waals surface area contributed by atoms with Crippen LogP contribution < -0.4 is 5.32 Å². The van der Waals surface area contributed by atoms with Gasteiger partial charge in [0, 0.05) is 28.3 Å².